The summed E-state index contributed by atoms with van der Waals surface area (Å²) in [5, 5.41) is 7.77. The molecule has 0 aliphatic rings. The third-order valence-electron chi connectivity index (χ3n) is 4.44. The molecule has 0 heterocycles. The van der Waals surface area contributed by atoms with Crippen LogP contribution < -0.4 is 16.0 Å². The van der Waals surface area contributed by atoms with Crippen LogP contribution in [-0.4, -0.2) is 42.9 Å². The maximum atomic E-state index is 12.8. The topological polar surface area (TPSA) is 90.5 Å². The van der Waals surface area contributed by atoms with Gasteiger partial charge >= 0.3 is 6.03 Å². The maximum absolute atomic E-state index is 12.8. The summed E-state index contributed by atoms with van der Waals surface area (Å²) in [6.45, 7) is 6.03. The van der Waals surface area contributed by atoms with Crippen molar-refractivity contribution in [3.63, 3.8) is 0 Å². The highest BCUT2D eigenvalue weighted by Crippen LogP contribution is 2.20. The molecule has 3 N–H and O–H groups in total. The number of imide groups is 1. The average Bonchev–Trinajstić information content (AvgIpc) is 2.65. The van der Waals surface area contributed by atoms with Crippen molar-refractivity contribution in [1.29, 1.82) is 0 Å². The van der Waals surface area contributed by atoms with Gasteiger partial charge in [-0.2, -0.15) is 0 Å². The molecule has 0 bridgehead atoms. The molecule has 0 saturated carbocycles. The molecule has 4 amide bonds. The van der Waals surface area contributed by atoms with Crippen LogP contribution in [0, 0.1) is 13.8 Å². The van der Waals surface area contributed by atoms with Crippen LogP contribution in [0.3, 0.4) is 0 Å². The fourth-order valence-electron chi connectivity index (χ4n) is 3.00. The molecular weight excluding hydrogens is 368 g/mol. The largest absolute Gasteiger partial charge is 0.338 e. The zero-order valence-electron chi connectivity index (χ0n) is 17.3. The average molecular weight is 396 g/mol. The van der Waals surface area contributed by atoms with E-state index in [4.69, 9.17) is 0 Å². The van der Waals surface area contributed by atoms with Gasteiger partial charge in [-0.1, -0.05) is 42.5 Å². The molecule has 2 aromatic rings. The summed E-state index contributed by atoms with van der Waals surface area (Å²) in [6.07, 6.45) is 0. The molecule has 0 aliphatic heterocycles. The zero-order valence-corrected chi connectivity index (χ0v) is 17.3. The Morgan fingerprint density at radius 1 is 1.03 bits per heavy atom. The molecule has 0 fully saturated rings. The Balaban J connectivity index is 2.15. The minimum absolute atomic E-state index is 0.0181. The van der Waals surface area contributed by atoms with E-state index in [2.05, 4.69) is 16.0 Å². The van der Waals surface area contributed by atoms with Gasteiger partial charge in [0.15, 0.2) is 0 Å². The molecule has 2 aromatic carbocycles. The Hall–Kier alpha value is -3.19. The van der Waals surface area contributed by atoms with Crippen molar-refractivity contribution in [1.82, 2.24) is 15.5 Å². The Bertz CT molecular complexity index is 868. The number of urea groups is 1. The van der Waals surface area contributed by atoms with E-state index in [0.29, 0.717) is 12.1 Å². The van der Waals surface area contributed by atoms with Crippen molar-refractivity contribution in [3.05, 3.63) is 65.2 Å². The number of rotatable bonds is 7. The van der Waals surface area contributed by atoms with Crippen LogP contribution in [0.5, 0.6) is 0 Å². The summed E-state index contributed by atoms with van der Waals surface area (Å²) in [6, 6.07) is 13.5. The molecule has 2 rings (SSSR count). The Morgan fingerprint density at radius 2 is 1.72 bits per heavy atom. The second-order valence-corrected chi connectivity index (χ2v) is 6.94. The summed E-state index contributed by atoms with van der Waals surface area (Å²) in [5.41, 5.74) is 3.44. The second-order valence-electron chi connectivity index (χ2n) is 6.94. The molecule has 7 nitrogen and oxygen atoms in total. The molecule has 0 unspecified atom stereocenters. The standard InChI is InChI=1S/C22H28N4O3/c1-5-23-22(29)25-21(28)20(17-9-7-6-8-10-17)26(4)14-19(27)24-18-13-15(2)11-12-16(18)3/h6-13,20H,5,14H2,1-4H3,(H,24,27)(H2,23,25,28,29)/t20-/m0/s1. The number of likely N-dealkylation sites (N-methyl/N-ethyl adjacent to an activating group) is 1. The summed E-state index contributed by atoms with van der Waals surface area (Å²) in [7, 11) is 1.68. The normalized spacial score (nSPS) is 11.6. The summed E-state index contributed by atoms with van der Waals surface area (Å²) in [4.78, 5) is 38.8. The minimum atomic E-state index is -0.789. The SMILES string of the molecule is CCNC(=O)NC(=O)[C@H](c1ccccc1)N(C)CC(=O)Nc1cc(C)ccc1C. The lowest BCUT2D eigenvalue weighted by Crippen LogP contribution is -2.46. The van der Waals surface area contributed by atoms with Crippen LogP contribution in [0.25, 0.3) is 0 Å². The summed E-state index contributed by atoms with van der Waals surface area (Å²) in [5.74, 6) is -0.739. The minimum Gasteiger partial charge on any atom is -0.338 e. The summed E-state index contributed by atoms with van der Waals surface area (Å²) < 4.78 is 0. The zero-order chi connectivity index (χ0) is 21.4. The second kappa shape index (κ2) is 10.4. The lowest BCUT2D eigenvalue weighted by molar-refractivity contribution is -0.126. The van der Waals surface area contributed by atoms with Crippen LogP contribution in [0.4, 0.5) is 10.5 Å². The first-order chi connectivity index (χ1) is 13.8. The number of nitrogens with one attached hydrogen (secondary N) is 3. The molecule has 7 heteroatoms. The van der Waals surface area contributed by atoms with Crippen molar-refractivity contribution in [2.24, 2.45) is 0 Å². The molecule has 0 aliphatic carbocycles. The number of carbonyl (C=O) groups excluding carboxylic acids is 3. The first kappa shape index (κ1) is 22.1. The number of nitrogens with zero attached hydrogens (tertiary/aromatic N) is 1. The van der Waals surface area contributed by atoms with Crippen molar-refractivity contribution in [3.8, 4) is 0 Å². The van der Waals surface area contributed by atoms with Gasteiger partial charge in [-0.15, -0.1) is 0 Å². The lowest BCUT2D eigenvalue weighted by atomic mass is 10.0. The van der Waals surface area contributed by atoms with Crippen molar-refractivity contribution in [2.75, 3.05) is 25.5 Å². The van der Waals surface area contributed by atoms with Gasteiger partial charge in [-0.05, 0) is 50.6 Å². The Labute approximate surface area is 171 Å². The number of hydrogen-bond donors (Lipinski definition) is 3. The highest BCUT2D eigenvalue weighted by molar-refractivity contribution is 5.98. The van der Waals surface area contributed by atoms with E-state index in [-0.39, 0.29) is 12.5 Å². The predicted octanol–water partition coefficient (Wildman–Crippen LogP) is 2.76. The summed E-state index contributed by atoms with van der Waals surface area (Å²) >= 11 is 0. The predicted molar refractivity (Wildman–Crippen MR) is 114 cm³/mol. The molecule has 154 valence electrons. The van der Waals surface area contributed by atoms with E-state index >= 15 is 0 Å². The van der Waals surface area contributed by atoms with E-state index in [1.807, 2.05) is 50.2 Å². The van der Waals surface area contributed by atoms with Gasteiger partial charge in [0.2, 0.25) is 11.8 Å². The number of benzene rings is 2. The quantitative estimate of drug-likeness (QED) is 0.671. The molecule has 1 atom stereocenters. The van der Waals surface area contributed by atoms with Crippen LogP contribution in [0.15, 0.2) is 48.5 Å². The fourth-order valence-corrected chi connectivity index (χ4v) is 3.00. The van der Waals surface area contributed by atoms with Gasteiger partial charge in [-0.3, -0.25) is 19.8 Å². The number of amides is 4. The van der Waals surface area contributed by atoms with Crippen LogP contribution in [0.1, 0.15) is 29.7 Å². The monoisotopic (exact) mass is 396 g/mol. The number of aryl methyl sites for hydroxylation is 2. The first-order valence-electron chi connectivity index (χ1n) is 9.52. The Morgan fingerprint density at radius 3 is 2.38 bits per heavy atom. The van der Waals surface area contributed by atoms with Crippen molar-refractivity contribution >= 4 is 23.5 Å². The van der Waals surface area contributed by atoms with Crippen molar-refractivity contribution < 1.29 is 14.4 Å². The van der Waals surface area contributed by atoms with Gasteiger partial charge in [-0.25, -0.2) is 4.79 Å². The van der Waals surface area contributed by atoms with E-state index in [1.165, 1.54) is 0 Å². The third kappa shape index (κ3) is 6.43. The van der Waals surface area contributed by atoms with Gasteiger partial charge in [0.1, 0.15) is 6.04 Å². The van der Waals surface area contributed by atoms with E-state index < -0.39 is 18.0 Å². The maximum Gasteiger partial charge on any atom is 0.321 e. The van der Waals surface area contributed by atoms with E-state index in [9.17, 15) is 14.4 Å². The molecule has 29 heavy (non-hydrogen) atoms. The highest BCUT2D eigenvalue weighted by atomic mass is 16.2. The third-order valence-corrected chi connectivity index (χ3v) is 4.44. The molecule has 0 saturated heterocycles. The van der Waals surface area contributed by atoms with Gasteiger partial charge in [0, 0.05) is 12.2 Å². The van der Waals surface area contributed by atoms with Crippen LogP contribution in [-0.2, 0) is 9.59 Å². The smallest absolute Gasteiger partial charge is 0.321 e. The molecule has 0 radical (unpaired) electrons. The van der Waals surface area contributed by atoms with E-state index in [0.717, 1.165) is 16.8 Å². The van der Waals surface area contributed by atoms with Crippen LogP contribution >= 0.6 is 0 Å². The van der Waals surface area contributed by atoms with E-state index in [1.54, 1.807) is 31.0 Å². The van der Waals surface area contributed by atoms with Gasteiger partial charge in [0.25, 0.3) is 0 Å². The molecular formula is C22H28N4O3. The lowest BCUT2D eigenvalue weighted by Gasteiger charge is -2.27. The number of carbonyl (C=O) groups is 3. The number of hydrogen-bond acceptors (Lipinski definition) is 4. The van der Waals surface area contributed by atoms with Gasteiger partial charge < -0.3 is 10.6 Å². The molecule has 0 aromatic heterocycles. The Kier molecular flexibility index (Phi) is 7.91. The highest BCUT2D eigenvalue weighted by Gasteiger charge is 2.27. The number of anilines is 1. The van der Waals surface area contributed by atoms with Crippen molar-refractivity contribution in [2.45, 2.75) is 26.8 Å². The fraction of sp³-hybridized carbons (Fsp3) is 0.318. The first-order valence-corrected chi connectivity index (χ1v) is 9.52. The molecule has 0 spiro atoms. The van der Waals surface area contributed by atoms with Crippen LogP contribution in [0.2, 0.25) is 0 Å². The van der Waals surface area contributed by atoms with Gasteiger partial charge in [0.05, 0.1) is 6.54 Å².